The van der Waals surface area contributed by atoms with Crippen molar-refractivity contribution in [3.05, 3.63) is 69.7 Å². The van der Waals surface area contributed by atoms with E-state index in [1.165, 1.54) is 28.8 Å². The lowest BCUT2D eigenvalue weighted by Gasteiger charge is -2.09. The van der Waals surface area contributed by atoms with Gasteiger partial charge < -0.3 is 4.74 Å². The number of thioether (sulfide) groups is 1. The molecule has 0 radical (unpaired) electrons. The molecule has 0 atom stereocenters. The first-order valence-electron chi connectivity index (χ1n) is 7.78. The molecular weight excluding hydrogens is 436 g/mol. The van der Waals surface area contributed by atoms with Gasteiger partial charge in [-0.2, -0.15) is 5.10 Å². The molecule has 2 aromatic heterocycles. The fourth-order valence-corrected chi connectivity index (χ4v) is 3.25. The Kier molecular flexibility index (Phi) is 6.24. The highest BCUT2D eigenvalue weighted by Gasteiger charge is 2.14. The largest absolute Gasteiger partial charge is 0.486 e. The number of nitro groups is 1. The van der Waals surface area contributed by atoms with Gasteiger partial charge in [0.1, 0.15) is 24.8 Å². The van der Waals surface area contributed by atoms with E-state index >= 15 is 0 Å². The summed E-state index contributed by atoms with van der Waals surface area (Å²) in [4.78, 5) is 10.2. The molecule has 3 rings (SSSR count). The Labute approximate surface area is 167 Å². The first-order valence-corrected chi connectivity index (χ1v) is 9.55. The molecule has 140 valence electrons. The average molecular weight is 451 g/mol. The van der Waals surface area contributed by atoms with Crippen LogP contribution in [0.3, 0.4) is 0 Å². The third-order valence-corrected chi connectivity index (χ3v) is 4.93. The summed E-state index contributed by atoms with van der Waals surface area (Å²) in [7, 11) is 0. The minimum Gasteiger partial charge on any atom is -0.486 e. The summed E-state index contributed by atoms with van der Waals surface area (Å²) < 4.78 is 10.1. The van der Waals surface area contributed by atoms with Gasteiger partial charge in [0.25, 0.3) is 0 Å². The highest BCUT2D eigenvalue weighted by atomic mass is 79.9. The lowest BCUT2D eigenvalue weighted by molar-refractivity contribution is -0.385. The van der Waals surface area contributed by atoms with Crippen molar-refractivity contribution in [1.29, 1.82) is 0 Å². The maximum Gasteiger partial charge on any atom is 0.307 e. The van der Waals surface area contributed by atoms with E-state index in [1.54, 1.807) is 6.08 Å². The van der Waals surface area contributed by atoms with E-state index in [9.17, 15) is 10.1 Å². The van der Waals surface area contributed by atoms with Crippen molar-refractivity contribution in [1.82, 2.24) is 24.5 Å². The Bertz CT molecular complexity index is 940. The molecule has 0 bridgehead atoms. The molecule has 0 aliphatic rings. The number of rotatable bonds is 9. The molecule has 1 aromatic carbocycles. The van der Waals surface area contributed by atoms with Crippen LogP contribution >= 0.6 is 27.7 Å². The molecule has 0 N–H and O–H groups in total. The van der Waals surface area contributed by atoms with Crippen molar-refractivity contribution < 1.29 is 9.66 Å². The molecule has 11 heteroatoms. The summed E-state index contributed by atoms with van der Waals surface area (Å²) in [6.07, 6.45) is 4.33. The van der Waals surface area contributed by atoms with Crippen molar-refractivity contribution in [2.24, 2.45) is 0 Å². The van der Waals surface area contributed by atoms with Gasteiger partial charge in [0.15, 0.2) is 11.0 Å². The van der Waals surface area contributed by atoms with Gasteiger partial charge in [-0.05, 0) is 24.3 Å². The smallest absolute Gasteiger partial charge is 0.307 e. The maximum absolute atomic E-state index is 10.7. The van der Waals surface area contributed by atoms with Crippen molar-refractivity contribution in [3.8, 4) is 5.75 Å². The van der Waals surface area contributed by atoms with Gasteiger partial charge in [-0.3, -0.25) is 19.4 Å². The predicted octanol–water partition coefficient (Wildman–Crippen LogP) is 3.66. The van der Waals surface area contributed by atoms with Crippen LogP contribution in [0.5, 0.6) is 5.75 Å². The van der Waals surface area contributed by atoms with Crippen LogP contribution in [-0.2, 0) is 19.0 Å². The van der Waals surface area contributed by atoms with E-state index in [2.05, 4.69) is 37.8 Å². The standard InChI is InChI=1S/C16H15BrN6O3S/c1-2-7-22-15(10-26-14-5-3-12(17)4-6-14)19-20-16(22)27-11-21-9-13(8-18-21)23(24)25/h2-6,8-9H,1,7,10-11H2. The Balaban J connectivity index is 1.67. The monoisotopic (exact) mass is 450 g/mol. The minimum absolute atomic E-state index is 0.0493. The molecule has 0 amide bonds. The van der Waals surface area contributed by atoms with Crippen LogP contribution in [0.25, 0.3) is 0 Å². The Morgan fingerprint density at radius 3 is 2.78 bits per heavy atom. The molecule has 0 aliphatic carbocycles. The van der Waals surface area contributed by atoms with Crippen LogP contribution in [-0.4, -0.2) is 29.5 Å². The SMILES string of the molecule is C=CCn1c(COc2ccc(Br)cc2)nnc1SCn1cc([N+](=O)[O-])cn1. The molecular formula is C16H15BrN6O3S. The van der Waals surface area contributed by atoms with Gasteiger partial charge >= 0.3 is 5.69 Å². The van der Waals surface area contributed by atoms with E-state index in [4.69, 9.17) is 4.74 Å². The number of benzene rings is 1. The topological polar surface area (TPSA) is 101 Å². The number of hydrogen-bond donors (Lipinski definition) is 0. The molecule has 9 nitrogen and oxygen atoms in total. The van der Waals surface area contributed by atoms with Gasteiger partial charge in [0, 0.05) is 11.0 Å². The second-order valence-corrected chi connectivity index (χ2v) is 7.14. The Morgan fingerprint density at radius 1 is 1.33 bits per heavy atom. The van der Waals surface area contributed by atoms with Gasteiger partial charge in [-0.1, -0.05) is 33.8 Å². The van der Waals surface area contributed by atoms with Crippen LogP contribution in [0, 0.1) is 10.1 Å². The van der Waals surface area contributed by atoms with Crippen molar-refractivity contribution in [2.45, 2.75) is 24.2 Å². The third kappa shape index (κ3) is 4.95. The second-order valence-electron chi connectivity index (χ2n) is 5.31. The number of aromatic nitrogens is 5. The quantitative estimate of drug-likeness (QED) is 0.212. The fourth-order valence-electron chi connectivity index (χ4n) is 2.17. The number of ether oxygens (including phenoxy) is 1. The molecule has 0 spiro atoms. The Morgan fingerprint density at radius 2 is 2.11 bits per heavy atom. The average Bonchev–Trinajstić information content (AvgIpc) is 3.27. The zero-order valence-electron chi connectivity index (χ0n) is 14.1. The lowest BCUT2D eigenvalue weighted by Crippen LogP contribution is -2.08. The fraction of sp³-hybridized carbons (Fsp3) is 0.188. The highest BCUT2D eigenvalue weighted by Crippen LogP contribution is 2.22. The first kappa shape index (κ1) is 19.1. The summed E-state index contributed by atoms with van der Waals surface area (Å²) >= 11 is 4.75. The summed E-state index contributed by atoms with van der Waals surface area (Å²) in [5, 5.41) is 23.7. The van der Waals surface area contributed by atoms with E-state index in [0.29, 0.717) is 23.4 Å². The van der Waals surface area contributed by atoms with E-state index < -0.39 is 4.92 Å². The molecule has 2 heterocycles. The zero-order valence-corrected chi connectivity index (χ0v) is 16.5. The van der Waals surface area contributed by atoms with Crippen LogP contribution < -0.4 is 4.74 Å². The first-order chi connectivity index (χ1) is 13.1. The van der Waals surface area contributed by atoms with E-state index in [-0.39, 0.29) is 12.3 Å². The van der Waals surface area contributed by atoms with E-state index in [1.807, 2.05) is 28.8 Å². The predicted molar refractivity (Wildman–Crippen MR) is 103 cm³/mol. The van der Waals surface area contributed by atoms with Crippen LogP contribution in [0.1, 0.15) is 5.82 Å². The molecule has 0 unspecified atom stereocenters. The normalized spacial score (nSPS) is 10.7. The lowest BCUT2D eigenvalue weighted by atomic mass is 10.3. The van der Waals surface area contributed by atoms with Crippen molar-refractivity contribution in [3.63, 3.8) is 0 Å². The summed E-state index contributed by atoms with van der Waals surface area (Å²) in [6.45, 7) is 4.54. The highest BCUT2D eigenvalue weighted by molar-refractivity contribution is 9.10. The molecule has 27 heavy (non-hydrogen) atoms. The summed E-state index contributed by atoms with van der Waals surface area (Å²) in [5.74, 6) is 1.76. The van der Waals surface area contributed by atoms with Gasteiger partial charge in [-0.15, -0.1) is 16.8 Å². The summed E-state index contributed by atoms with van der Waals surface area (Å²) in [5.41, 5.74) is -0.0493. The number of hydrogen-bond acceptors (Lipinski definition) is 7. The molecule has 0 aliphatic heterocycles. The second kappa shape index (κ2) is 8.82. The molecule has 0 fully saturated rings. The van der Waals surface area contributed by atoms with Crippen LogP contribution in [0.2, 0.25) is 0 Å². The van der Waals surface area contributed by atoms with Gasteiger partial charge in [0.2, 0.25) is 0 Å². The van der Waals surface area contributed by atoms with E-state index in [0.717, 1.165) is 10.2 Å². The van der Waals surface area contributed by atoms with Gasteiger partial charge in [0.05, 0.1) is 10.8 Å². The zero-order chi connectivity index (χ0) is 19.2. The van der Waals surface area contributed by atoms with Crippen molar-refractivity contribution >= 4 is 33.4 Å². The molecule has 3 aromatic rings. The molecule has 0 saturated heterocycles. The third-order valence-electron chi connectivity index (χ3n) is 3.44. The Hall–Kier alpha value is -2.66. The van der Waals surface area contributed by atoms with Crippen molar-refractivity contribution in [2.75, 3.05) is 0 Å². The van der Waals surface area contributed by atoms with Gasteiger partial charge in [-0.25, -0.2) is 0 Å². The minimum atomic E-state index is -0.480. The number of halogens is 1. The van der Waals surface area contributed by atoms with Crippen LogP contribution in [0.15, 0.2) is 58.9 Å². The van der Waals surface area contributed by atoms with Crippen LogP contribution in [0.4, 0.5) is 5.69 Å². The number of nitrogens with zero attached hydrogens (tertiary/aromatic N) is 6. The number of allylic oxidation sites excluding steroid dienone is 1. The summed E-state index contributed by atoms with van der Waals surface area (Å²) in [6, 6.07) is 7.51. The molecule has 0 saturated carbocycles. The maximum atomic E-state index is 10.7.